The van der Waals surface area contributed by atoms with Gasteiger partial charge in [0.15, 0.2) is 0 Å². The summed E-state index contributed by atoms with van der Waals surface area (Å²) in [5.74, 6) is -0.998. The van der Waals surface area contributed by atoms with Crippen LogP contribution in [-0.4, -0.2) is 23.7 Å². The maximum Gasteiger partial charge on any atom is 0.335 e. The Morgan fingerprint density at radius 1 is 1.38 bits per heavy atom. The summed E-state index contributed by atoms with van der Waals surface area (Å²) in [4.78, 5) is 22.8. The zero-order chi connectivity index (χ0) is 15.5. The van der Waals surface area contributed by atoms with E-state index in [0.717, 1.165) is 12.8 Å². The van der Waals surface area contributed by atoms with E-state index in [1.165, 1.54) is 25.0 Å². The van der Waals surface area contributed by atoms with Crippen LogP contribution in [0, 0.1) is 5.41 Å². The fraction of sp³-hybridized carbons (Fsp3) is 0.467. The van der Waals surface area contributed by atoms with Crippen molar-refractivity contribution in [2.24, 2.45) is 5.41 Å². The molecule has 1 aromatic carbocycles. The van der Waals surface area contributed by atoms with Gasteiger partial charge in [-0.2, -0.15) is 0 Å². The number of carboxylic acids is 1. The highest BCUT2D eigenvalue weighted by Gasteiger charge is 2.41. The first kappa shape index (κ1) is 15.8. The third-order valence-electron chi connectivity index (χ3n) is 3.83. The van der Waals surface area contributed by atoms with Crippen molar-refractivity contribution in [1.29, 1.82) is 0 Å². The van der Waals surface area contributed by atoms with Crippen LogP contribution in [0.4, 0.5) is 10.5 Å². The summed E-state index contributed by atoms with van der Waals surface area (Å²) in [5.41, 5.74) is 1.03. The largest absolute Gasteiger partial charge is 0.478 e. The van der Waals surface area contributed by atoms with Crippen LogP contribution in [0.2, 0.25) is 0 Å². The van der Waals surface area contributed by atoms with Crippen LogP contribution in [0.5, 0.6) is 0 Å². The molecule has 0 heterocycles. The standard InChI is InChI=1S/C15H19BrN2O3/c1-2-5-15(6-7-15)9-17-14(21)18-12-4-3-10(13(19)20)8-11(12)16/h3-4,8H,2,5-7,9H2,1H3,(H,19,20)(H2,17,18,21). The molecule has 114 valence electrons. The summed E-state index contributed by atoms with van der Waals surface area (Å²) in [7, 11) is 0. The van der Waals surface area contributed by atoms with Crippen molar-refractivity contribution in [3.8, 4) is 0 Å². The van der Waals surface area contributed by atoms with E-state index in [2.05, 4.69) is 33.5 Å². The van der Waals surface area contributed by atoms with Crippen molar-refractivity contribution < 1.29 is 14.7 Å². The lowest BCUT2D eigenvalue weighted by Crippen LogP contribution is -2.33. The number of halogens is 1. The van der Waals surface area contributed by atoms with Crippen LogP contribution in [0.25, 0.3) is 0 Å². The number of nitrogens with one attached hydrogen (secondary N) is 2. The lowest BCUT2D eigenvalue weighted by atomic mass is 10.0. The summed E-state index contributed by atoms with van der Waals surface area (Å²) in [6.45, 7) is 2.85. The molecule has 0 unspecified atom stereocenters. The molecule has 0 aliphatic heterocycles. The molecule has 6 heteroatoms. The Morgan fingerprint density at radius 3 is 2.62 bits per heavy atom. The average molecular weight is 355 g/mol. The molecule has 5 nitrogen and oxygen atoms in total. The Labute approximate surface area is 132 Å². The third kappa shape index (κ3) is 4.20. The van der Waals surface area contributed by atoms with Crippen molar-refractivity contribution in [2.75, 3.05) is 11.9 Å². The molecule has 1 aliphatic carbocycles. The minimum atomic E-state index is -0.998. The van der Waals surface area contributed by atoms with Gasteiger partial charge in [-0.25, -0.2) is 9.59 Å². The minimum absolute atomic E-state index is 0.174. The van der Waals surface area contributed by atoms with Gasteiger partial charge >= 0.3 is 12.0 Å². The van der Waals surface area contributed by atoms with Crippen LogP contribution in [0.15, 0.2) is 22.7 Å². The van der Waals surface area contributed by atoms with E-state index in [-0.39, 0.29) is 11.6 Å². The van der Waals surface area contributed by atoms with Crippen LogP contribution in [0.1, 0.15) is 43.0 Å². The molecule has 0 saturated heterocycles. The first-order valence-corrected chi connectivity index (χ1v) is 7.83. The Balaban J connectivity index is 1.89. The number of hydrogen-bond acceptors (Lipinski definition) is 2. The molecule has 1 aromatic rings. The highest BCUT2D eigenvalue weighted by molar-refractivity contribution is 9.10. The number of rotatable bonds is 6. The number of hydrogen-bond donors (Lipinski definition) is 3. The van der Waals surface area contributed by atoms with Crippen molar-refractivity contribution in [1.82, 2.24) is 5.32 Å². The molecule has 0 bridgehead atoms. The highest BCUT2D eigenvalue weighted by atomic mass is 79.9. The molecule has 0 aromatic heterocycles. The van der Waals surface area contributed by atoms with Crippen molar-refractivity contribution >= 4 is 33.6 Å². The third-order valence-corrected chi connectivity index (χ3v) is 4.48. The van der Waals surface area contributed by atoms with Gasteiger partial charge in [-0.3, -0.25) is 0 Å². The van der Waals surface area contributed by atoms with E-state index >= 15 is 0 Å². The molecule has 1 aliphatic rings. The van der Waals surface area contributed by atoms with Crippen LogP contribution < -0.4 is 10.6 Å². The van der Waals surface area contributed by atoms with Gasteiger partial charge in [0, 0.05) is 11.0 Å². The van der Waals surface area contributed by atoms with Gasteiger partial charge in [-0.1, -0.05) is 13.3 Å². The van der Waals surface area contributed by atoms with E-state index in [4.69, 9.17) is 5.11 Å². The van der Waals surface area contributed by atoms with Gasteiger partial charge in [-0.15, -0.1) is 0 Å². The number of amides is 2. The monoisotopic (exact) mass is 354 g/mol. The van der Waals surface area contributed by atoms with E-state index in [0.29, 0.717) is 22.1 Å². The summed E-state index contributed by atoms with van der Waals surface area (Å²) < 4.78 is 0.548. The van der Waals surface area contributed by atoms with Crippen molar-refractivity contribution in [3.05, 3.63) is 28.2 Å². The van der Waals surface area contributed by atoms with E-state index < -0.39 is 5.97 Å². The Bertz CT molecular complexity index is 556. The number of carbonyl (C=O) groups excluding carboxylic acids is 1. The van der Waals surface area contributed by atoms with E-state index in [1.807, 2.05) is 0 Å². The van der Waals surface area contributed by atoms with Crippen molar-refractivity contribution in [2.45, 2.75) is 32.6 Å². The molecule has 0 radical (unpaired) electrons. The van der Waals surface area contributed by atoms with Gasteiger partial charge in [0.2, 0.25) is 0 Å². The predicted octanol–water partition coefficient (Wildman–Crippen LogP) is 3.85. The fourth-order valence-corrected chi connectivity index (χ4v) is 2.88. The number of carboxylic acid groups (broad SMARTS) is 1. The number of urea groups is 1. The lowest BCUT2D eigenvalue weighted by Gasteiger charge is -2.15. The second kappa shape index (κ2) is 6.47. The van der Waals surface area contributed by atoms with Crippen LogP contribution in [-0.2, 0) is 0 Å². The average Bonchev–Trinajstić information content (AvgIpc) is 3.19. The van der Waals surface area contributed by atoms with Crippen molar-refractivity contribution in [3.63, 3.8) is 0 Å². The minimum Gasteiger partial charge on any atom is -0.478 e. The summed E-state index contributed by atoms with van der Waals surface area (Å²) in [6.07, 6.45) is 4.63. The molecule has 0 spiro atoms. The Morgan fingerprint density at radius 2 is 2.10 bits per heavy atom. The van der Waals surface area contributed by atoms with Crippen LogP contribution in [0.3, 0.4) is 0 Å². The molecule has 0 atom stereocenters. The topological polar surface area (TPSA) is 78.4 Å². The SMILES string of the molecule is CCCC1(CNC(=O)Nc2ccc(C(=O)O)cc2Br)CC1. The van der Waals surface area contributed by atoms with Crippen LogP contribution >= 0.6 is 15.9 Å². The highest BCUT2D eigenvalue weighted by Crippen LogP contribution is 2.48. The normalized spacial score (nSPS) is 15.3. The van der Waals surface area contributed by atoms with Gasteiger partial charge in [0.25, 0.3) is 0 Å². The molecular weight excluding hydrogens is 336 g/mol. The molecule has 2 rings (SSSR count). The van der Waals surface area contributed by atoms with Gasteiger partial charge in [0.05, 0.1) is 11.3 Å². The summed E-state index contributed by atoms with van der Waals surface area (Å²) in [5, 5.41) is 14.5. The van der Waals surface area contributed by atoms with E-state index in [1.54, 1.807) is 6.07 Å². The predicted molar refractivity (Wildman–Crippen MR) is 84.7 cm³/mol. The molecular formula is C15H19BrN2O3. The molecule has 3 N–H and O–H groups in total. The summed E-state index contributed by atoms with van der Waals surface area (Å²) in [6, 6.07) is 4.24. The second-order valence-corrected chi connectivity index (χ2v) is 6.41. The molecule has 1 fully saturated rings. The maximum atomic E-state index is 11.9. The fourth-order valence-electron chi connectivity index (χ4n) is 2.41. The zero-order valence-corrected chi connectivity index (χ0v) is 13.5. The first-order valence-electron chi connectivity index (χ1n) is 7.03. The van der Waals surface area contributed by atoms with Gasteiger partial charge < -0.3 is 15.7 Å². The number of aromatic carboxylic acids is 1. The Kier molecular flexibility index (Phi) is 4.88. The maximum absolute atomic E-state index is 11.9. The number of benzene rings is 1. The summed E-state index contributed by atoms with van der Waals surface area (Å²) >= 11 is 3.27. The second-order valence-electron chi connectivity index (χ2n) is 5.56. The number of anilines is 1. The van der Waals surface area contributed by atoms with Gasteiger partial charge in [0.1, 0.15) is 0 Å². The smallest absolute Gasteiger partial charge is 0.335 e. The van der Waals surface area contributed by atoms with Gasteiger partial charge in [-0.05, 0) is 58.8 Å². The molecule has 21 heavy (non-hydrogen) atoms. The van der Waals surface area contributed by atoms with E-state index in [9.17, 15) is 9.59 Å². The zero-order valence-electron chi connectivity index (χ0n) is 11.9. The molecule has 2 amide bonds. The molecule has 1 saturated carbocycles. The lowest BCUT2D eigenvalue weighted by molar-refractivity contribution is 0.0697. The Hall–Kier alpha value is -1.56. The number of carbonyl (C=O) groups is 2. The quantitative estimate of drug-likeness (QED) is 0.725. The first-order chi connectivity index (χ1) is 9.96.